The van der Waals surface area contributed by atoms with E-state index >= 15 is 0 Å². The molecule has 0 spiro atoms. The Bertz CT molecular complexity index is 361. The lowest BCUT2D eigenvalue weighted by Gasteiger charge is -2.14. The van der Waals surface area contributed by atoms with Crippen LogP contribution in [0.5, 0.6) is 0 Å². The van der Waals surface area contributed by atoms with Crippen LogP contribution in [-0.2, 0) is 6.54 Å². The number of likely N-dealkylation sites (tertiary alicyclic amines) is 1. The molecule has 0 unspecified atom stereocenters. The fourth-order valence-corrected chi connectivity index (χ4v) is 2.76. The van der Waals surface area contributed by atoms with Gasteiger partial charge in [-0.05, 0) is 38.1 Å². The third-order valence-corrected chi connectivity index (χ3v) is 3.86. The zero-order valence-corrected chi connectivity index (χ0v) is 10.2. The number of nitrogens with zero attached hydrogens (tertiary/aromatic N) is 2. The molecule has 4 heteroatoms. The average Bonchev–Trinajstić information content (AvgIpc) is 2.95. The molecule has 0 aromatic carbocycles. The quantitative estimate of drug-likeness (QED) is 0.791. The summed E-state index contributed by atoms with van der Waals surface area (Å²) in [7, 11) is 0. The fourth-order valence-electron chi connectivity index (χ4n) is 1.99. The van der Waals surface area contributed by atoms with E-state index in [1.54, 1.807) is 11.3 Å². The van der Waals surface area contributed by atoms with Crippen LogP contribution in [-0.4, -0.2) is 31.1 Å². The molecule has 1 aromatic heterocycles. The highest BCUT2D eigenvalue weighted by atomic mass is 32.1. The zero-order chi connectivity index (χ0) is 11.2. The minimum absolute atomic E-state index is 0.802. The Hall–Kier alpha value is -0.890. The number of nitrogens with one attached hydrogen (secondary N) is 1. The largest absolute Gasteiger partial charge is 0.311 e. The lowest BCUT2D eigenvalue weighted by molar-refractivity contribution is 0.336. The molecule has 86 valence electrons. The minimum atomic E-state index is 0.802. The van der Waals surface area contributed by atoms with Crippen molar-refractivity contribution in [3.63, 3.8) is 0 Å². The average molecular weight is 235 g/mol. The molecular formula is C12H17N3S. The van der Waals surface area contributed by atoms with Crippen molar-refractivity contribution in [3.8, 4) is 6.07 Å². The Morgan fingerprint density at radius 2 is 2.19 bits per heavy atom. The molecule has 1 aliphatic rings. The van der Waals surface area contributed by atoms with E-state index in [9.17, 15) is 0 Å². The van der Waals surface area contributed by atoms with E-state index in [2.05, 4.69) is 16.3 Å². The van der Waals surface area contributed by atoms with Crippen molar-refractivity contribution in [2.24, 2.45) is 0 Å². The van der Waals surface area contributed by atoms with Crippen molar-refractivity contribution in [1.82, 2.24) is 10.2 Å². The van der Waals surface area contributed by atoms with E-state index in [1.807, 2.05) is 12.1 Å². The maximum absolute atomic E-state index is 8.70. The fraction of sp³-hybridized carbons (Fsp3) is 0.583. The SMILES string of the molecule is N#Cc1ccc(CNCCN2CCCC2)s1. The third-order valence-electron chi connectivity index (χ3n) is 2.87. The van der Waals surface area contributed by atoms with Gasteiger partial charge in [0.2, 0.25) is 0 Å². The van der Waals surface area contributed by atoms with Gasteiger partial charge in [0.1, 0.15) is 10.9 Å². The Labute approximate surface area is 101 Å². The molecule has 1 N–H and O–H groups in total. The summed E-state index contributed by atoms with van der Waals surface area (Å²) < 4.78 is 0. The predicted molar refractivity (Wildman–Crippen MR) is 66.4 cm³/mol. The zero-order valence-electron chi connectivity index (χ0n) is 9.41. The first-order valence-electron chi connectivity index (χ1n) is 5.80. The number of thiophene rings is 1. The minimum Gasteiger partial charge on any atom is -0.311 e. The van der Waals surface area contributed by atoms with Gasteiger partial charge in [-0.25, -0.2) is 0 Å². The van der Waals surface area contributed by atoms with Crippen LogP contribution < -0.4 is 5.32 Å². The van der Waals surface area contributed by atoms with Gasteiger partial charge in [-0.1, -0.05) is 0 Å². The van der Waals surface area contributed by atoms with Gasteiger partial charge in [0, 0.05) is 24.5 Å². The molecule has 0 amide bonds. The van der Waals surface area contributed by atoms with E-state index in [0.717, 1.165) is 24.5 Å². The van der Waals surface area contributed by atoms with Crippen molar-refractivity contribution >= 4 is 11.3 Å². The molecule has 3 nitrogen and oxygen atoms in total. The smallest absolute Gasteiger partial charge is 0.110 e. The van der Waals surface area contributed by atoms with E-state index in [-0.39, 0.29) is 0 Å². The van der Waals surface area contributed by atoms with Gasteiger partial charge in [-0.15, -0.1) is 11.3 Å². The van der Waals surface area contributed by atoms with Gasteiger partial charge in [0.25, 0.3) is 0 Å². The first-order valence-corrected chi connectivity index (χ1v) is 6.62. The van der Waals surface area contributed by atoms with Gasteiger partial charge in [0.15, 0.2) is 0 Å². The number of hydrogen-bond donors (Lipinski definition) is 1. The molecule has 2 heterocycles. The van der Waals surface area contributed by atoms with Crippen LogP contribution in [0.1, 0.15) is 22.6 Å². The van der Waals surface area contributed by atoms with E-state index in [0.29, 0.717) is 0 Å². The maximum Gasteiger partial charge on any atom is 0.110 e. The Balaban J connectivity index is 1.62. The van der Waals surface area contributed by atoms with E-state index in [4.69, 9.17) is 5.26 Å². The molecule has 0 saturated carbocycles. The molecule has 0 atom stereocenters. The van der Waals surface area contributed by atoms with Gasteiger partial charge in [0.05, 0.1) is 0 Å². The van der Waals surface area contributed by atoms with Gasteiger partial charge in [-0.2, -0.15) is 5.26 Å². The first-order chi connectivity index (χ1) is 7.88. The van der Waals surface area contributed by atoms with Crippen LogP contribution in [0.25, 0.3) is 0 Å². The summed E-state index contributed by atoms with van der Waals surface area (Å²) in [5.74, 6) is 0. The second-order valence-electron chi connectivity index (χ2n) is 4.10. The summed E-state index contributed by atoms with van der Waals surface area (Å²) >= 11 is 1.58. The molecule has 0 radical (unpaired) electrons. The number of hydrogen-bond acceptors (Lipinski definition) is 4. The van der Waals surface area contributed by atoms with Crippen LogP contribution in [0.4, 0.5) is 0 Å². The lowest BCUT2D eigenvalue weighted by Crippen LogP contribution is -2.29. The molecule has 1 saturated heterocycles. The van der Waals surface area contributed by atoms with E-state index < -0.39 is 0 Å². The van der Waals surface area contributed by atoms with E-state index in [1.165, 1.54) is 30.8 Å². The Kier molecular flexibility index (Phi) is 4.34. The molecule has 1 fully saturated rings. The highest BCUT2D eigenvalue weighted by Crippen LogP contribution is 2.14. The second-order valence-corrected chi connectivity index (χ2v) is 5.27. The van der Waals surface area contributed by atoms with Gasteiger partial charge < -0.3 is 10.2 Å². The maximum atomic E-state index is 8.70. The molecule has 0 aliphatic carbocycles. The van der Waals surface area contributed by atoms with Crippen molar-refractivity contribution in [3.05, 3.63) is 21.9 Å². The third kappa shape index (κ3) is 3.31. The topological polar surface area (TPSA) is 39.1 Å². The van der Waals surface area contributed by atoms with Crippen molar-refractivity contribution in [2.75, 3.05) is 26.2 Å². The highest BCUT2D eigenvalue weighted by Gasteiger charge is 2.09. The Morgan fingerprint density at radius 3 is 2.88 bits per heavy atom. The predicted octanol–water partition coefficient (Wildman–Crippen LogP) is 1.81. The van der Waals surface area contributed by atoms with Crippen molar-refractivity contribution in [1.29, 1.82) is 5.26 Å². The molecule has 16 heavy (non-hydrogen) atoms. The lowest BCUT2D eigenvalue weighted by atomic mass is 10.4. The summed E-state index contributed by atoms with van der Waals surface area (Å²) in [6.45, 7) is 5.61. The van der Waals surface area contributed by atoms with Crippen molar-refractivity contribution in [2.45, 2.75) is 19.4 Å². The summed E-state index contributed by atoms with van der Waals surface area (Å²) in [4.78, 5) is 4.55. The van der Waals surface area contributed by atoms with Gasteiger partial charge >= 0.3 is 0 Å². The first kappa shape index (κ1) is 11.6. The van der Waals surface area contributed by atoms with Crippen LogP contribution in [0, 0.1) is 11.3 Å². The molecule has 0 bridgehead atoms. The highest BCUT2D eigenvalue weighted by molar-refractivity contribution is 7.12. The summed E-state index contributed by atoms with van der Waals surface area (Å²) in [5.41, 5.74) is 0. The molecule has 1 aliphatic heterocycles. The van der Waals surface area contributed by atoms with Crippen molar-refractivity contribution < 1.29 is 0 Å². The molecule has 2 rings (SSSR count). The standard InChI is InChI=1S/C12H17N3S/c13-9-11-3-4-12(16-11)10-14-5-8-15-6-1-2-7-15/h3-4,14H,1-2,5-8,10H2. The van der Waals surface area contributed by atoms with Crippen LogP contribution in [0.3, 0.4) is 0 Å². The van der Waals surface area contributed by atoms with Crippen LogP contribution in [0.2, 0.25) is 0 Å². The normalized spacial score (nSPS) is 16.4. The molecular weight excluding hydrogens is 218 g/mol. The summed E-state index contributed by atoms with van der Waals surface area (Å²) in [5, 5.41) is 12.1. The van der Waals surface area contributed by atoms with Crippen LogP contribution >= 0.6 is 11.3 Å². The number of rotatable bonds is 5. The number of nitriles is 1. The van der Waals surface area contributed by atoms with Gasteiger partial charge in [-0.3, -0.25) is 0 Å². The monoisotopic (exact) mass is 235 g/mol. The second kappa shape index (κ2) is 6.00. The van der Waals surface area contributed by atoms with Crippen LogP contribution in [0.15, 0.2) is 12.1 Å². The molecule has 1 aromatic rings. The summed E-state index contributed by atoms with van der Waals surface area (Å²) in [6, 6.07) is 6.09. The summed E-state index contributed by atoms with van der Waals surface area (Å²) in [6.07, 6.45) is 2.72. The Morgan fingerprint density at radius 1 is 1.38 bits per heavy atom.